The molecule has 0 unspecified atom stereocenters. The summed E-state index contributed by atoms with van der Waals surface area (Å²) in [6.45, 7) is 0. The Labute approximate surface area is 197 Å². The van der Waals surface area contributed by atoms with Crippen molar-refractivity contribution in [1.82, 2.24) is 0 Å². The number of benzene rings is 1. The molecule has 1 aromatic carbocycles. The summed E-state index contributed by atoms with van der Waals surface area (Å²) in [5.41, 5.74) is 5.48. The zero-order valence-corrected chi connectivity index (χ0v) is 19.7. The molecule has 0 fully saturated rings. The minimum atomic E-state index is -1.16. The maximum absolute atomic E-state index is 12.1. The smallest absolute Gasteiger partial charge is 0.335 e. The number of carboxylic acid groups (broad SMARTS) is 1. The van der Waals surface area contributed by atoms with Crippen LogP contribution in [-0.2, 0) is 14.4 Å². The average Bonchev–Trinajstić information content (AvgIpc) is 2.78. The average molecular weight is 460 g/mol. The standard InChI is InChI=1S/C26H39N2O5/c27-24(30)15-13-11-9-7-5-3-1-2-4-6-8-10-12-14-16-25(31)28-23-18-21(20-29)17-22(19-23)26(32)33/h17-19H,1-16H2,(H2,27,30)(H,28,31)(H,32,33). The predicted octanol–water partition coefficient (Wildman–Crippen LogP) is 5.51. The first kappa shape index (κ1) is 28.3. The lowest BCUT2D eigenvalue weighted by Crippen LogP contribution is -2.12. The molecule has 1 aromatic rings. The van der Waals surface area contributed by atoms with Gasteiger partial charge in [0, 0.05) is 24.1 Å². The van der Waals surface area contributed by atoms with Gasteiger partial charge in [0.05, 0.1) is 5.56 Å². The van der Waals surface area contributed by atoms with E-state index in [4.69, 9.17) is 10.8 Å². The number of carboxylic acids is 1. The van der Waals surface area contributed by atoms with Crippen LogP contribution in [0.3, 0.4) is 0 Å². The number of amides is 2. The quantitative estimate of drug-likeness (QED) is 0.222. The minimum absolute atomic E-state index is 0.0526. The molecule has 1 radical (unpaired) electrons. The number of anilines is 1. The number of primary amides is 1. The third kappa shape index (κ3) is 14.9. The number of hydrogen-bond donors (Lipinski definition) is 3. The van der Waals surface area contributed by atoms with Crippen molar-refractivity contribution < 1.29 is 24.3 Å². The van der Waals surface area contributed by atoms with Gasteiger partial charge in [0.2, 0.25) is 18.1 Å². The fourth-order valence-electron chi connectivity index (χ4n) is 3.81. The van der Waals surface area contributed by atoms with E-state index in [1.165, 1.54) is 76.0 Å². The van der Waals surface area contributed by atoms with Crippen molar-refractivity contribution in [2.24, 2.45) is 5.73 Å². The largest absolute Gasteiger partial charge is 0.478 e. The van der Waals surface area contributed by atoms with Crippen LogP contribution in [0.5, 0.6) is 0 Å². The molecular weight excluding hydrogens is 420 g/mol. The van der Waals surface area contributed by atoms with Crippen LogP contribution in [-0.4, -0.2) is 29.2 Å². The number of carbonyl (C=O) groups is 3. The van der Waals surface area contributed by atoms with Crippen molar-refractivity contribution >= 4 is 29.8 Å². The topological polar surface area (TPSA) is 127 Å². The van der Waals surface area contributed by atoms with Crippen molar-refractivity contribution in [3.8, 4) is 0 Å². The molecule has 2 amide bonds. The van der Waals surface area contributed by atoms with Crippen LogP contribution in [0.25, 0.3) is 0 Å². The van der Waals surface area contributed by atoms with E-state index >= 15 is 0 Å². The zero-order valence-electron chi connectivity index (χ0n) is 19.7. The Bertz CT molecular complexity index is 748. The lowest BCUT2D eigenvalue weighted by molar-refractivity contribution is -0.118. The second kappa shape index (κ2) is 17.8. The van der Waals surface area contributed by atoms with E-state index in [-0.39, 0.29) is 22.9 Å². The molecule has 0 aliphatic carbocycles. The van der Waals surface area contributed by atoms with E-state index in [2.05, 4.69) is 5.32 Å². The first-order valence-corrected chi connectivity index (χ1v) is 12.3. The number of aromatic carboxylic acids is 1. The van der Waals surface area contributed by atoms with E-state index in [0.29, 0.717) is 18.5 Å². The highest BCUT2D eigenvalue weighted by Crippen LogP contribution is 2.16. The van der Waals surface area contributed by atoms with Crippen molar-refractivity contribution in [3.63, 3.8) is 0 Å². The molecule has 0 atom stereocenters. The first-order chi connectivity index (χ1) is 15.9. The van der Waals surface area contributed by atoms with E-state index < -0.39 is 5.97 Å². The van der Waals surface area contributed by atoms with Gasteiger partial charge >= 0.3 is 5.97 Å². The van der Waals surface area contributed by atoms with Crippen LogP contribution in [0, 0.1) is 0 Å². The molecule has 0 spiro atoms. The molecule has 1 rings (SSSR count). The molecule has 7 heteroatoms. The van der Waals surface area contributed by atoms with E-state index in [1.54, 1.807) is 6.29 Å². The molecule has 33 heavy (non-hydrogen) atoms. The fraction of sp³-hybridized carbons (Fsp3) is 0.615. The Kier molecular flexibility index (Phi) is 15.3. The lowest BCUT2D eigenvalue weighted by atomic mass is 10.0. The Balaban J connectivity index is 1.97. The monoisotopic (exact) mass is 459 g/mol. The van der Waals surface area contributed by atoms with Crippen molar-refractivity contribution in [2.45, 2.75) is 103 Å². The van der Waals surface area contributed by atoms with Gasteiger partial charge in [-0.25, -0.2) is 4.79 Å². The Morgan fingerprint density at radius 3 is 1.61 bits per heavy atom. The van der Waals surface area contributed by atoms with Crippen molar-refractivity contribution in [1.29, 1.82) is 0 Å². The second-order valence-electron chi connectivity index (χ2n) is 8.67. The molecule has 0 aromatic heterocycles. The van der Waals surface area contributed by atoms with Gasteiger partial charge in [0.15, 0.2) is 0 Å². The minimum Gasteiger partial charge on any atom is -0.478 e. The normalized spacial score (nSPS) is 10.7. The summed E-state index contributed by atoms with van der Waals surface area (Å²) in [5, 5.41) is 11.7. The molecule has 0 aliphatic heterocycles. The summed E-state index contributed by atoms with van der Waals surface area (Å²) < 4.78 is 0. The predicted molar refractivity (Wildman–Crippen MR) is 130 cm³/mol. The van der Waals surface area contributed by atoms with Crippen LogP contribution in [0.1, 0.15) is 119 Å². The van der Waals surface area contributed by atoms with Gasteiger partial charge < -0.3 is 16.2 Å². The summed E-state index contributed by atoms with van der Waals surface area (Å²) in [5.74, 6) is -1.53. The molecule has 0 aliphatic rings. The number of rotatable bonds is 20. The third-order valence-corrected chi connectivity index (χ3v) is 5.66. The van der Waals surface area contributed by atoms with Gasteiger partial charge in [0.25, 0.3) is 0 Å². The highest BCUT2D eigenvalue weighted by atomic mass is 16.4. The molecule has 7 nitrogen and oxygen atoms in total. The summed E-state index contributed by atoms with van der Waals surface area (Å²) in [6, 6.07) is 3.99. The molecule has 183 valence electrons. The third-order valence-electron chi connectivity index (χ3n) is 5.66. The molecule has 4 N–H and O–H groups in total. The number of nitrogens with one attached hydrogen (secondary N) is 1. The highest BCUT2D eigenvalue weighted by molar-refractivity contribution is 5.96. The van der Waals surface area contributed by atoms with Crippen LogP contribution >= 0.6 is 0 Å². The SMILES string of the molecule is NC(=O)CCCCCCCCCCCCCCCCC(=O)Nc1cc([C]=O)cc(C(=O)O)c1. The van der Waals surface area contributed by atoms with Crippen LogP contribution in [0.15, 0.2) is 18.2 Å². The Hall–Kier alpha value is -2.70. The van der Waals surface area contributed by atoms with Gasteiger partial charge in [-0.05, 0) is 31.0 Å². The summed E-state index contributed by atoms with van der Waals surface area (Å²) in [4.78, 5) is 44.6. The zero-order chi connectivity index (χ0) is 24.3. The van der Waals surface area contributed by atoms with E-state index in [0.717, 1.165) is 32.1 Å². The summed E-state index contributed by atoms with van der Waals surface area (Å²) in [7, 11) is 0. The number of hydrogen-bond acceptors (Lipinski definition) is 4. The molecule has 0 heterocycles. The first-order valence-electron chi connectivity index (χ1n) is 12.3. The maximum Gasteiger partial charge on any atom is 0.335 e. The maximum atomic E-state index is 12.1. The Morgan fingerprint density at radius 1 is 0.727 bits per heavy atom. The Morgan fingerprint density at radius 2 is 1.18 bits per heavy atom. The van der Waals surface area contributed by atoms with Gasteiger partial charge in [-0.15, -0.1) is 0 Å². The van der Waals surface area contributed by atoms with Crippen LogP contribution < -0.4 is 11.1 Å². The highest BCUT2D eigenvalue weighted by Gasteiger charge is 2.09. The van der Waals surface area contributed by atoms with Crippen molar-refractivity contribution in [3.05, 3.63) is 29.3 Å². The van der Waals surface area contributed by atoms with Gasteiger partial charge in [-0.1, -0.05) is 77.0 Å². The number of carbonyl (C=O) groups excluding carboxylic acids is 3. The number of unbranched alkanes of at least 4 members (excludes halogenated alkanes) is 13. The van der Waals surface area contributed by atoms with E-state index in [9.17, 15) is 19.2 Å². The van der Waals surface area contributed by atoms with Gasteiger partial charge in [0.1, 0.15) is 0 Å². The van der Waals surface area contributed by atoms with Crippen LogP contribution in [0.4, 0.5) is 5.69 Å². The van der Waals surface area contributed by atoms with E-state index in [1.807, 2.05) is 0 Å². The molecule has 0 saturated heterocycles. The summed E-state index contributed by atoms with van der Waals surface area (Å²) >= 11 is 0. The van der Waals surface area contributed by atoms with Crippen LogP contribution in [0.2, 0.25) is 0 Å². The molecule has 0 saturated carbocycles. The second-order valence-corrected chi connectivity index (χ2v) is 8.67. The molecular formula is C26H39N2O5. The lowest BCUT2D eigenvalue weighted by Gasteiger charge is -2.07. The fourth-order valence-corrected chi connectivity index (χ4v) is 3.81. The van der Waals surface area contributed by atoms with Gasteiger partial charge in [-0.2, -0.15) is 0 Å². The van der Waals surface area contributed by atoms with Crippen molar-refractivity contribution in [2.75, 3.05) is 5.32 Å². The van der Waals surface area contributed by atoms with Gasteiger partial charge in [-0.3, -0.25) is 14.4 Å². The number of nitrogens with two attached hydrogens (primary N) is 1. The molecule has 0 bridgehead atoms. The summed E-state index contributed by atoms with van der Waals surface area (Å²) in [6.07, 6.45) is 18.7.